The average molecular weight is 491 g/mol. The summed E-state index contributed by atoms with van der Waals surface area (Å²) in [4.78, 5) is 21.6. The van der Waals surface area contributed by atoms with Gasteiger partial charge in [-0.3, -0.25) is 4.79 Å². The van der Waals surface area contributed by atoms with E-state index in [4.69, 9.17) is 0 Å². The molecule has 0 unspecified atom stereocenters. The van der Waals surface area contributed by atoms with E-state index < -0.39 is 10.0 Å². The van der Waals surface area contributed by atoms with Gasteiger partial charge in [0.05, 0.1) is 15.1 Å². The van der Waals surface area contributed by atoms with Crippen molar-refractivity contribution in [3.8, 4) is 0 Å². The molecule has 1 aromatic heterocycles. The lowest BCUT2D eigenvalue weighted by Crippen LogP contribution is -2.48. The maximum absolute atomic E-state index is 13.5. The molecule has 33 heavy (non-hydrogen) atoms. The molecular weight excluding hydrogens is 463 g/mol. The highest BCUT2D eigenvalue weighted by Crippen LogP contribution is 2.30. The molecule has 1 aliphatic heterocycles. The van der Waals surface area contributed by atoms with Gasteiger partial charge in [0.15, 0.2) is 5.13 Å². The zero-order valence-corrected chi connectivity index (χ0v) is 20.3. The van der Waals surface area contributed by atoms with E-state index in [0.29, 0.717) is 38.3 Å². The minimum atomic E-state index is -3.56. The van der Waals surface area contributed by atoms with Crippen LogP contribution in [-0.4, -0.2) is 68.3 Å². The molecule has 1 amide bonds. The zero-order valence-electron chi connectivity index (χ0n) is 18.7. The van der Waals surface area contributed by atoms with E-state index in [1.54, 1.807) is 30.1 Å². The largest absolute Gasteiger partial charge is 0.345 e. The normalized spacial score (nSPS) is 14.9. The van der Waals surface area contributed by atoms with Crippen LogP contribution in [0.15, 0.2) is 47.4 Å². The van der Waals surface area contributed by atoms with Crippen LogP contribution in [0, 0.1) is 5.82 Å². The zero-order chi connectivity index (χ0) is 23.6. The standard InChI is InChI=1S/C23H27FN4O3S2/c1-3-4-11-26(2)33(30,31)19-8-5-17(6-9-19)22(29)27-12-14-28(15-13-27)23-25-20-10-7-18(24)16-21(20)32-23/h5-10,16H,3-4,11-15H2,1-2H3. The second kappa shape index (κ2) is 9.74. The lowest BCUT2D eigenvalue weighted by molar-refractivity contribution is 0.0746. The quantitative estimate of drug-likeness (QED) is 0.504. The maximum atomic E-state index is 13.5. The summed E-state index contributed by atoms with van der Waals surface area (Å²) < 4.78 is 41.0. The monoisotopic (exact) mass is 490 g/mol. The third kappa shape index (κ3) is 5.02. The number of sulfonamides is 1. The second-order valence-electron chi connectivity index (χ2n) is 8.09. The summed E-state index contributed by atoms with van der Waals surface area (Å²) in [5.41, 5.74) is 1.24. The Morgan fingerprint density at radius 1 is 1.12 bits per heavy atom. The Labute approximate surface area is 197 Å². The first-order valence-electron chi connectivity index (χ1n) is 11.0. The third-order valence-corrected chi connectivity index (χ3v) is 8.76. The van der Waals surface area contributed by atoms with Crippen LogP contribution in [0.25, 0.3) is 10.2 Å². The Balaban J connectivity index is 1.39. The fourth-order valence-corrected chi connectivity index (χ4v) is 6.01. The topological polar surface area (TPSA) is 73.8 Å². The molecule has 0 N–H and O–H groups in total. The predicted octanol–water partition coefficient (Wildman–Crippen LogP) is 3.82. The third-order valence-electron chi connectivity index (χ3n) is 5.81. The number of unbranched alkanes of at least 4 members (excludes halogenated alkanes) is 1. The number of hydrogen-bond acceptors (Lipinski definition) is 6. The van der Waals surface area contributed by atoms with Crippen LogP contribution in [0.2, 0.25) is 0 Å². The predicted molar refractivity (Wildman–Crippen MR) is 129 cm³/mol. The molecule has 176 valence electrons. The van der Waals surface area contributed by atoms with E-state index in [1.807, 2.05) is 6.92 Å². The van der Waals surface area contributed by atoms with Gasteiger partial charge in [-0.05, 0) is 48.9 Å². The Bertz CT molecular complexity index is 1240. The minimum Gasteiger partial charge on any atom is -0.345 e. The summed E-state index contributed by atoms with van der Waals surface area (Å²) >= 11 is 1.45. The number of carbonyl (C=O) groups excluding carboxylic acids is 1. The number of fused-ring (bicyclic) bond motifs is 1. The van der Waals surface area contributed by atoms with Crippen molar-refractivity contribution >= 4 is 42.6 Å². The molecule has 7 nitrogen and oxygen atoms in total. The first-order valence-corrected chi connectivity index (χ1v) is 13.2. The molecule has 0 atom stereocenters. The SMILES string of the molecule is CCCCN(C)S(=O)(=O)c1ccc(C(=O)N2CCN(c3nc4ccc(F)cc4s3)CC2)cc1. The summed E-state index contributed by atoms with van der Waals surface area (Å²) in [6, 6.07) is 10.7. The Morgan fingerprint density at radius 2 is 1.82 bits per heavy atom. The summed E-state index contributed by atoms with van der Waals surface area (Å²) in [5.74, 6) is -0.399. The minimum absolute atomic E-state index is 0.121. The van der Waals surface area contributed by atoms with Gasteiger partial charge in [-0.1, -0.05) is 24.7 Å². The van der Waals surface area contributed by atoms with Crippen LogP contribution in [0.1, 0.15) is 30.1 Å². The van der Waals surface area contributed by atoms with Gasteiger partial charge in [-0.15, -0.1) is 0 Å². The van der Waals surface area contributed by atoms with E-state index >= 15 is 0 Å². The van der Waals surface area contributed by atoms with E-state index in [-0.39, 0.29) is 16.6 Å². The average Bonchev–Trinajstić information content (AvgIpc) is 3.25. The number of thiazole rings is 1. The van der Waals surface area contributed by atoms with E-state index in [1.165, 1.54) is 39.9 Å². The number of carbonyl (C=O) groups is 1. The summed E-state index contributed by atoms with van der Waals surface area (Å²) in [5, 5.41) is 0.824. The summed E-state index contributed by atoms with van der Waals surface area (Å²) in [6.45, 7) is 4.80. The molecule has 1 fully saturated rings. The smallest absolute Gasteiger partial charge is 0.253 e. The van der Waals surface area contributed by atoms with Gasteiger partial charge < -0.3 is 9.80 Å². The van der Waals surface area contributed by atoms with Gasteiger partial charge >= 0.3 is 0 Å². The molecule has 0 spiro atoms. The van der Waals surface area contributed by atoms with Crippen molar-refractivity contribution in [3.05, 3.63) is 53.8 Å². The number of aromatic nitrogens is 1. The van der Waals surface area contributed by atoms with Gasteiger partial charge in [-0.25, -0.2) is 22.1 Å². The Hall–Kier alpha value is -2.56. The van der Waals surface area contributed by atoms with Crippen LogP contribution in [0.4, 0.5) is 9.52 Å². The first-order chi connectivity index (χ1) is 15.8. The van der Waals surface area contributed by atoms with Crippen molar-refractivity contribution < 1.29 is 17.6 Å². The van der Waals surface area contributed by atoms with Crippen LogP contribution in [0.5, 0.6) is 0 Å². The highest BCUT2D eigenvalue weighted by Gasteiger charge is 2.25. The van der Waals surface area contributed by atoms with Gasteiger partial charge in [-0.2, -0.15) is 0 Å². The van der Waals surface area contributed by atoms with Gasteiger partial charge in [0.25, 0.3) is 5.91 Å². The van der Waals surface area contributed by atoms with Gasteiger partial charge in [0, 0.05) is 45.3 Å². The number of nitrogens with zero attached hydrogens (tertiary/aromatic N) is 4. The number of benzene rings is 2. The second-order valence-corrected chi connectivity index (χ2v) is 11.1. The van der Waals surface area contributed by atoms with Crippen molar-refractivity contribution in [1.82, 2.24) is 14.2 Å². The fourth-order valence-electron chi connectivity index (χ4n) is 3.76. The van der Waals surface area contributed by atoms with Crippen LogP contribution in [-0.2, 0) is 10.0 Å². The van der Waals surface area contributed by atoms with Crippen molar-refractivity contribution in [2.75, 3.05) is 44.7 Å². The highest BCUT2D eigenvalue weighted by atomic mass is 32.2. The van der Waals surface area contributed by atoms with Crippen molar-refractivity contribution in [3.63, 3.8) is 0 Å². The molecule has 10 heteroatoms. The molecule has 1 saturated heterocycles. The molecule has 0 radical (unpaired) electrons. The molecule has 0 aliphatic carbocycles. The Morgan fingerprint density at radius 3 is 2.48 bits per heavy atom. The first kappa shape index (κ1) is 23.6. The number of amides is 1. The number of piperazine rings is 1. The summed E-state index contributed by atoms with van der Waals surface area (Å²) in [7, 11) is -1.98. The molecule has 3 aromatic rings. The van der Waals surface area contributed by atoms with Gasteiger partial charge in [0.1, 0.15) is 5.82 Å². The number of halogens is 1. The molecular formula is C23H27FN4O3S2. The molecule has 0 bridgehead atoms. The molecule has 2 heterocycles. The molecule has 1 aliphatic rings. The van der Waals surface area contributed by atoms with E-state index in [2.05, 4.69) is 9.88 Å². The van der Waals surface area contributed by atoms with Crippen molar-refractivity contribution in [2.24, 2.45) is 0 Å². The van der Waals surface area contributed by atoms with Gasteiger partial charge in [0.2, 0.25) is 10.0 Å². The van der Waals surface area contributed by atoms with Crippen molar-refractivity contribution in [1.29, 1.82) is 0 Å². The number of hydrogen-bond donors (Lipinski definition) is 0. The lowest BCUT2D eigenvalue weighted by atomic mass is 10.2. The Kier molecular flexibility index (Phi) is 6.96. The molecule has 4 rings (SSSR count). The van der Waals surface area contributed by atoms with Crippen molar-refractivity contribution in [2.45, 2.75) is 24.7 Å². The van der Waals surface area contributed by atoms with E-state index in [0.717, 1.165) is 28.2 Å². The van der Waals surface area contributed by atoms with E-state index in [9.17, 15) is 17.6 Å². The maximum Gasteiger partial charge on any atom is 0.253 e. The number of rotatable bonds is 7. The summed E-state index contributed by atoms with van der Waals surface area (Å²) in [6.07, 6.45) is 1.71. The molecule has 2 aromatic carbocycles. The number of anilines is 1. The van der Waals surface area contributed by atoms with Crippen LogP contribution >= 0.6 is 11.3 Å². The molecule has 0 saturated carbocycles. The van der Waals surface area contributed by atoms with Crippen LogP contribution in [0.3, 0.4) is 0 Å². The highest BCUT2D eigenvalue weighted by molar-refractivity contribution is 7.89. The lowest BCUT2D eigenvalue weighted by Gasteiger charge is -2.34. The fraction of sp³-hybridized carbons (Fsp3) is 0.391. The van der Waals surface area contributed by atoms with Crippen LogP contribution < -0.4 is 4.90 Å².